The van der Waals surface area contributed by atoms with Crippen LogP contribution < -0.4 is 0 Å². The molecule has 0 atom stereocenters. The number of nitrogens with zero attached hydrogens (tertiary/aromatic N) is 3. The number of aromatic nitrogens is 2. The van der Waals surface area contributed by atoms with Crippen LogP contribution in [0.5, 0.6) is 0 Å². The first-order chi connectivity index (χ1) is 11.6. The van der Waals surface area contributed by atoms with Crippen molar-refractivity contribution >= 4 is 0 Å². The van der Waals surface area contributed by atoms with Gasteiger partial charge in [0.15, 0.2) is 0 Å². The minimum absolute atomic E-state index is 0.243. The Morgan fingerprint density at radius 2 is 1.33 bits per heavy atom. The summed E-state index contributed by atoms with van der Waals surface area (Å²) in [5, 5.41) is 8.96. The van der Waals surface area contributed by atoms with E-state index in [0.717, 1.165) is 28.3 Å². The fourth-order valence-electron chi connectivity index (χ4n) is 2.46. The molecule has 1 heterocycles. The van der Waals surface area contributed by atoms with Gasteiger partial charge in [-0.05, 0) is 25.1 Å². The van der Waals surface area contributed by atoms with Gasteiger partial charge in [0, 0.05) is 17.0 Å². The summed E-state index contributed by atoms with van der Waals surface area (Å²) >= 11 is 0. The standard InChI is InChI=1S/C21H19N3/c1-14(2)21-23-19(17-8-4-15(3)5-9-17)12-20(24-21)18-10-6-16(13-22)7-11-18/h4-12,14H,1-3H3. The van der Waals surface area contributed by atoms with E-state index in [1.54, 1.807) is 0 Å². The van der Waals surface area contributed by atoms with E-state index in [0.29, 0.717) is 5.56 Å². The third-order valence-electron chi connectivity index (χ3n) is 3.92. The van der Waals surface area contributed by atoms with E-state index in [1.165, 1.54) is 5.56 Å². The smallest absolute Gasteiger partial charge is 0.132 e. The van der Waals surface area contributed by atoms with Crippen molar-refractivity contribution in [3.63, 3.8) is 0 Å². The average molecular weight is 313 g/mol. The molecule has 24 heavy (non-hydrogen) atoms. The predicted molar refractivity (Wildman–Crippen MR) is 96.4 cm³/mol. The topological polar surface area (TPSA) is 49.6 Å². The lowest BCUT2D eigenvalue weighted by Crippen LogP contribution is -2.01. The molecule has 0 amide bonds. The van der Waals surface area contributed by atoms with Crippen LogP contribution in [0.2, 0.25) is 0 Å². The Labute approximate surface area is 142 Å². The molecule has 0 fully saturated rings. The van der Waals surface area contributed by atoms with Gasteiger partial charge in [-0.3, -0.25) is 0 Å². The highest BCUT2D eigenvalue weighted by atomic mass is 14.9. The van der Waals surface area contributed by atoms with E-state index < -0.39 is 0 Å². The Bertz CT molecular complexity index is 886. The molecule has 1 aromatic heterocycles. The van der Waals surface area contributed by atoms with Crippen molar-refractivity contribution in [1.29, 1.82) is 5.26 Å². The van der Waals surface area contributed by atoms with Gasteiger partial charge < -0.3 is 0 Å². The third-order valence-corrected chi connectivity index (χ3v) is 3.92. The largest absolute Gasteiger partial charge is 0.233 e. The molecule has 3 nitrogen and oxygen atoms in total. The summed E-state index contributed by atoms with van der Waals surface area (Å²) in [5.41, 5.74) is 5.76. The highest BCUT2D eigenvalue weighted by Gasteiger charge is 2.11. The lowest BCUT2D eigenvalue weighted by atomic mass is 10.0. The van der Waals surface area contributed by atoms with Crippen molar-refractivity contribution in [3.8, 4) is 28.6 Å². The van der Waals surface area contributed by atoms with Gasteiger partial charge in [0.25, 0.3) is 0 Å². The van der Waals surface area contributed by atoms with E-state index in [9.17, 15) is 0 Å². The maximum absolute atomic E-state index is 8.96. The van der Waals surface area contributed by atoms with Gasteiger partial charge >= 0.3 is 0 Å². The van der Waals surface area contributed by atoms with Gasteiger partial charge in [0.05, 0.1) is 23.0 Å². The Morgan fingerprint density at radius 3 is 1.79 bits per heavy atom. The molecule has 0 unspecified atom stereocenters. The molecule has 0 spiro atoms. The summed E-state index contributed by atoms with van der Waals surface area (Å²) in [7, 11) is 0. The van der Waals surface area contributed by atoms with Crippen LogP contribution in [0.15, 0.2) is 54.6 Å². The lowest BCUT2D eigenvalue weighted by molar-refractivity contribution is 0.778. The monoisotopic (exact) mass is 313 g/mol. The zero-order valence-electron chi connectivity index (χ0n) is 14.1. The minimum atomic E-state index is 0.243. The highest BCUT2D eigenvalue weighted by molar-refractivity contribution is 5.68. The SMILES string of the molecule is Cc1ccc(-c2cc(-c3ccc(C#N)cc3)nc(C(C)C)n2)cc1. The first-order valence-electron chi connectivity index (χ1n) is 8.03. The third kappa shape index (κ3) is 3.33. The van der Waals surface area contributed by atoms with Gasteiger partial charge in [0.2, 0.25) is 0 Å². The quantitative estimate of drug-likeness (QED) is 0.674. The number of aryl methyl sites for hydroxylation is 1. The number of hydrogen-bond donors (Lipinski definition) is 0. The fraction of sp³-hybridized carbons (Fsp3) is 0.190. The van der Waals surface area contributed by atoms with Crippen molar-refractivity contribution in [2.24, 2.45) is 0 Å². The molecule has 0 saturated heterocycles. The van der Waals surface area contributed by atoms with Gasteiger partial charge in [-0.1, -0.05) is 55.8 Å². The van der Waals surface area contributed by atoms with E-state index in [4.69, 9.17) is 15.2 Å². The van der Waals surface area contributed by atoms with Gasteiger partial charge in [-0.25, -0.2) is 9.97 Å². The second kappa shape index (κ2) is 6.64. The normalized spacial score (nSPS) is 10.6. The Kier molecular flexibility index (Phi) is 4.39. The van der Waals surface area contributed by atoms with Crippen LogP contribution in [0, 0.1) is 18.3 Å². The molecule has 0 aliphatic rings. The van der Waals surface area contributed by atoms with Crippen LogP contribution in [0.3, 0.4) is 0 Å². The zero-order chi connectivity index (χ0) is 17.1. The molecule has 118 valence electrons. The van der Waals surface area contributed by atoms with Crippen LogP contribution in [0.25, 0.3) is 22.5 Å². The molecule has 0 aliphatic heterocycles. The fourth-order valence-corrected chi connectivity index (χ4v) is 2.46. The average Bonchev–Trinajstić information content (AvgIpc) is 2.62. The van der Waals surface area contributed by atoms with Crippen molar-refractivity contribution < 1.29 is 0 Å². The van der Waals surface area contributed by atoms with Crippen molar-refractivity contribution in [2.75, 3.05) is 0 Å². The molecule has 2 aromatic carbocycles. The van der Waals surface area contributed by atoms with Gasteiger partial charge in [-0.2, -0.15) is 5.26 Å². The summed E-state index contributed by atoms with van der Waals surface area (Å²) in [6.45, 7) is 6.26. The molecule has 0 saturated carbocycles. The number of nitriles is 1. The van der Waals surface area contributed by atoms with Crippen LogP contribution in [0.4, 0.5) is 0 Å². The second-order valence-corrected chi connectivity index (χ2v) is 6.21. The first kappa shape index (κ1) is 15.9. The van der Waals surface area contributed by atoms with Gasteiger partial charge in [0.1, 0.15) is 5.82 Å². The van der Waals surface area contributed by atoms with Crippen LogP contribution in [-0.4, -0.2) is 9.97 Å². The molecule has 0 aliphatic carbocycles. The molecular formula is C21H19N3. The maximum atomic E-state index is 8.96. The predicted octanol–water partition coefficient (Wildman–Crippen LogP) is 5.11. The molecule has 0 bridgehead atoms. The van der Waals surface area contributed by atoms with Crippen molar-refractivity contribution in [2.45, 2.75) is 26.7 Å². The summed E-state index contributed by atoms with van der Waals surface area (Å²) in [6, 6.07) is 20.0. The molecule has 3 rings (SSSR count). The van der Waals surface area contributed by atoms with E-state index >= 15 is 0 Å². The molecule has 3 heteroatoms. The second-order valence-electron chi connectivity index (χ2n) is 6.21. The molecule has 0 N–H and O–H groups in total. The molecule has 3 aromatic rings. The van der Waals surface area contributed by atoms with Gasteiger partial charge in [-0.15, -0.1) is 0 Å². The maximum Gasteiger partial charge on any atom is 0.132 e. The van der Waals surface area contributed by atoms with E-state index in [2.05, 4.69) is 51.1 Å². The van der Waals surface area contributed by atoms with E-state index in [1.807, 2.05) is 30.3 Å². The molecule has 0 radical (unpaired) electrons. The highest BCUT2D eigenvalue weighted by Crippen LogP contribution is 2.26. The van der Waals surface area contributed by atoms with Crippen LogP contribution in [0.1, 0.15) is 36.7 Å². The summed E-state index contributed by atoms with van der Waals surface area (Å²) in [6.07, 6.45) is 0. The zero-order valence-corrected chi connectivity index (χ0v) is 14.1. The van der Waals surface area contributed by atoms with Crippen molar-refractivity contribution in [1.82, 2.24) is 9.97 Å². The lowest BCUT2D eigenvalue weighted by Gasteiger charge is -2.11. The van der Waals surface area contributed by atoms with E-state index in [-0.39, 0.29) is 5.92 Å². The Morgan fingerprint density at radius 1 is 0.833 bits per heavy atom. The van der Waals surface area contributed by atoms with Crippen molar-refractivity contribution in [3.05, 3.63) is 71.5 Å². The molecular weight excluding hydrogens is 294 g/mol. The minimum Gasteiger partial charge on any atom is -0.233 e. The summed E-state index contributed by atoms with van der Waals surface area (Å²) in [5.74, 6) is 1.07. The summed E-state index contributed by atoms with van der Waals surface area (Å²) in [4.78, 5) is 9.44. The number of rotatable bonds is 3. The Balaban J connectivity index is 2.11. The Hall–Kier alpha value is -2.99. The number of hydrogen-bond acceptors (Lipinski definition) is 3. The van der Waals surface area contributed by atoms with Crippen LogP contribution >= 0.6 is 0 Å². The first-order valence-corrected chi connectivity index (χ1v) is 8.03. The summed E-state index contributed by atoms with van der Waals surface area (Å²) < 4.78 is 0. The number of benzene rings is 2. The van der Waals surface area contributed by atoms with Crippen LogP contribution in [-0.2, 0) is 0 Å².